The van der Waals surface area contributed by atoms with E-state index in [4.69, 9.17) is 4.74 Å². The van der Waals surface area contributed by atoms with Gasteiger partial charge >= 0.3 is 6.09 Å². The fraction of sp³-hybridized carbons (Fsp3) is 0.619. The molecule has 0 spiro atoms. The van der Waals surface area contributed by atoms with Gasteiger partial charge in [-0.3, -0.25) is 4.79 Å². The molecule has 1 aliphatic carbocycles. The van der Waals surface area contributed by atoms with Crippen molar-refractivity contribution in [1.82, 2.24) is 10.2 Å². The number of piperidine rings is 1. The molecule has 1 saturated heterocycles. The van der Waals surface area contributed by atoms with Crippen LogP contribution in [0.5, 0.6) is 0 Å². The maximum absolute atomic E-state index is 13.3. The summed E-state index contributed by atoms with van der Waals surface area (Å²) in [7, 11) is 0. The van der Waals surface area contributed by atoms with E-state index in [1.54, 1.807) is 24.0 Å². The van der Waals surface area contributed by atoms with Crippen molar-refractivity contribution in [2.24, 2.45) is 11.8 Å². The van der Waals surface area contributed by atoms with Crippen molar-refractivity contribution in [2.45, 2.75) is 51.5 Å². The highest BCUT2D eigenvalue weighted by Crippen LogP contribution is 2.36. The highest BCUT2D eigenvalue weighted by atomic mass is 19.1. The van der Waals surface area contributed by atoms with Crippen molar-refractivity contribution in [3.8, 4) is 0 Å². The fourth-order valence-electron chi connectivity index (χ4n) is 4.24. The van der Waals surface area contributed by atoms with Crippen LogP contribution in [-0.4, -0.2) is 36.6 Å². The lowest BCUT2D eigenvalue weighted by Gasteiger charge is -2.32. The quantitative estimate of drug-likeness (QED) is 0.844. The van der Waals surface area contributed by atoms with Crippen molar-refractivity contribution in [3.05, 3.63) is 35.6 Å². The zero-order chi connectivity index (χ0) is 19.2. The van der Waals surface area contributed by atoms with E-state index in [1.165, 1.54) is 25.0 Å². The van der Waals surface area contributed by atoms with Crippen molar-refractivity contribution in [3.63, 3.8) is 0 Å². The molecule has 1 heterocycles. The van der Waals surface area contributed by atoms with Crippen LogP contribution in [-0.2, 0) is 9.53 Å². The number of hydrogen-bond donors (Lipinski definition) is 1. The molecule has 0 aromatic heterocycles. The second-order valence-electron chi connectivity index (χ2n) is 7.54. The fourth-order valence-corrected chi connectivity index (χ4v) is 4.24. The molecule has 1 aromatic rings. The average molecular weight is 376 g/mol. The number of carbonyl (C=O) groups excluding carboxylic acids is 2. The molecule has 0 bridgehead atoms. The molecule has 5 nitrogen and oxygen atoms in total. The first kappa shape index (κ1) is 19.6. The molecule has 0 radical (unpaired) electrons. The van der Waals surface area contributed by atoms with E-state index >= 15 is 0 Å². The molecule has 27 heavy (non-hydrogen) atoms. The Morgan fingerprint density at radius 1 is 1.15 bits per heavy atom. The van der Waals surface area contributed by atoms with Gasteiger partial charge in [-0.25, -0.2) is 9.18 Å². The molecule has 1 atom stereocenters. The van der Waals surface area contributed by atoms with E-state index in [0.29, 0.717) is 38.5 Å². The third-order valence-corrected chi connectivity index (χ3v) is 5.79. The number of carbonyl (C=O) groups is 2. The molecule has 1 N–H and O–H groups in total. The molecule has 3 rings (SSSR count). The third kappa shape index (κ3) is 4.99. The smallest absolute Gasteiger partial charge is 0.409 e. The highest BCUT2D eigenvalue weighted by molar-refractivity contribution is 5.79. The zero-order valence-corrected chi connectivity index (χ0v) is 16.0. The molecule has 2 aliphatic rings. The first-order valence-corrected chi connectivity index (χ1v) is 10.1. The Morgan fingerprint density at radius 3 is 2.37 bits per heavy atom. The number of nitrogens with one attached hydrogen (secondary N) is 1. The van der Waals surface area contributed by atoms with Crippen molar-refractivity contribution in [1.29, 1.82) is 0 Å². The second-order valence-corrected chi connectivity index (χ2v) is 7.54. The molecule has 1 saturated carbocycles. The minimum atomic E-state index is -0.300. The van der Waals surface area contributed by atoms with Crippen LogP contribution >= 0.6 is 0 Å². The maximum Gasteiger partial charge on any atom is 0.409 e. The minimum absolute atomic E-state index is 0.0414. The number of nitrogens with zero attached hydrogens (tertiary/aromatic N) is 1. The minimum Gasteiger partial charge on any atom is -0.450 e. The van der Waals surface area contributed by atoms with Gasteiger partial charge in [0.05, 0.1) is 12.6 Å². The lowest BCUT2D eigenvalue weighted by Crippen LogP contribution is -2.44. The van der Waals surface area contributed by atoms with E-state index in [2.05, 4.69) is 5.32 Å². The molecule has 148 valence electrons. The Balaban J connectivity index is 1.61. The molecule has 1 aliphatic heterocycles. The number of rotatable bonds is 5. The Bertz CT molecular complexity index is 635. The average Bonchev–Trinajstić information content (AvgIpc) is 3.21. The summed E-state index contributed by atoms with van der Waals surface area (Å²) in [5.74, 6) is 0.0837. The number of hydrogen-bond acceptors (Lipinski definition) is 3. The van der Waals surface area contributed by atoms with Gasteiger partial charge in [0.2, 0.25) is 5.91 Å². The van der Waals surface area contributed by atoms with Gasteiger partial charge in [-0.05, 0) is 56.2 Å². The molecule has 2 amide bonds. The lowest BCUT2D eigenvalue weighted by molar-refractivity contribution is -0.127. The van der Waals surface area contributed by atoms with Gasteiger partial charge in [0.1, 0.15) is 5.82 Å². The third-order valence-electron chi connectivity index (χ3n) is 5.79. The van der Waals surface area contributed by atoms with E-state index < -0.39 is 0 Å². The molecule has 6 heteroatoms. The molecule has 0 unspecified atom stereocenters. The first-order valence-electron chi connectivity index (χ1n) is 10.1. The Morgan fingerprint density at radius 2 is 1.78 bits per heavy atom. The van der Waals surface area contributed by atoms with Crippen LogP contribution in [0.2, 0.25) is 0 Å². The summed E-state index contributed by atoms with van der Waals surface area (Å²) in [4.78, 5) is 26.4. The molecular formula is C21H29FN2O3. The number of amides is 2. The van der Waals surface area contributed by atoms with Gasteiger partial charge in [-0.1, -0.05) is 25.0 Å². The maximum atomic E-state index is 13.3. The van der Waals surface area contributed by atoms with Crippen LogP contribution in [0, 0.1) is 17.7 Å². The van der Waals surface area contributed by atoms with Crippen molar-refractivity contribution < 1.29 is 18.7 Å². The predicted octanol–water partition coefficient (Wildman–Crippen LogP) is 4.04. The standard InChI is InChI=1S/C21H29FN2O3/c1-2-27-21(26)24-13-11-17(12-14-24)20(25)23-19(15-5-3-4-6-15)16-7-9-18(22)10-8-16/h7-10,15,17,19H,2-6,11-14H2,1H3,(H,23,25)/t19-/m1/s1. The second kappa shape index (κ2) is 9.20. The normalized spacial score (nSPS) is 19.7. The Labute approximate surface area is 160 Å². The largest absolute Gasteiger partial charge is 0.450 e. The van der Waals surface area contributed by atoms with Crippen LogP contribution in [0.3, 0.4) is 0 Å². The summed E-state index contributed by atoms with van der Waals surface area (Å²) in [5.41, 5.74) is 0.973. The van der Waals surface area contributed by atoms with Crippen LogP contribution in [0.4, 0.5) is 9.18 Å². The highest BCUT2D eigenvalue weighted by Gasteiger charge is 2.32. The van der Waals surface area contributed by atoms with Crippen LogP contribution in [0.25, 0.3) is 0 Å². The summed E-state index contributed by atoms with van der Waals surface area (Å²) in [5, 5.41) is 3.24. The van der Waals surface area contributed by atoms with Gasteiger partial charge in [0, 0.05) is 19.0 Å². The van der Waals surface area contributed by atoms with Gasteiger partial charge < -0.3 is 15.0 Å². The van der Waals surface area contributed by atoms with Crippen molar-refractivity contribution in [2.75, 3.05) is 19.7 Å². The number of halogens is 1. The van der Waals surface area contributed by atoms with E-state index in [1.807, 2.05) is 0 Å². The van der Waals surface area contributed by atoms with Gasteiger partial charge in [-0.15, -0.1) is 0 Å². The lowest BCUT2D eigenvalue weighted by atomic mass is 9.89. The summed E-state index contributed by atoms with van der Waals surface area (Å²) < 4.78 is 18.3. The van der Waals surface area contributed by atoms with Crippen LogP contribution in [0.15, 0.2) is 24.3 Å². The van der Waals surface area contributed by atoms with Gasteiger partial charge in [0.15, 0.2) is 0 Å². The number of ether oxygens (including phenoxy) is 1. The monoisotopic (exact) mass is 376 g/mol. The van der Waals surface area contributed by atoms with E-state index in [9.17, 15) is 14.0 Å². The van der Waals surface area contributed by atoms with Crippen molar-refractivity contribution >= 4 is 12.0 Å². The van der Waals surface area contributed by atoms with Crippen LogP contribution < -0.4 is 5.32 Å². The number of benzene rings is 1. The van der Waals surface area contributed by atoms with Gasteiger partial charge in [-0.2, -0.15) is 0 Å². The molecule has 1 aromatic carbocycles. The zero-order valence-electron chi connectivity index (χ0n) is 16.0. The predicted molar refractivity (Wildman–Crippen MR) is 101 cm³/mol. The van der Waals surface area contributed by atoms with E-state index in [-0.39, 0.29) is 29.8 Å². The summed E-state index contributed by atoms with van der Waals surface area (Å²) in [6.07, 6.45) is 5.52. The first-order chi connectivity index (χ1) is 13.1. The molecule has 2 fully saturated rings. The Kier molecular flexibility index (Phi) is 6.69. The summed E-state index contributed by atoms with van der Waals surface area (Å²) in [6.45, 7) is 3.24. The SMILES string of the molecule is CCOC(=O)N1CCC(C(=O)N[C@@H](c2ccc(F)cc2)C2CCCC2)CC1. The number of likely N-dealkylation sites (tertiary alicyclic amines) is 1. The molecular weight excluding hydrogens is 347 g/mol. The Hall–Kier alpha value is -2.11. The summed E-state index contributed by atoms with van der Waals surface area (Å²) >= 11 is 0. The van der Waals surface area contributed by atoms with E-state index in [0.717, 1.165) is 18.4 Å². The van der Waals surface area contributed by atoms with Gasteiger partial charge in [0.25, 0.3) is 0 Å². The topological polar surface area (TPSA) is 58.6 Å². The summed E-state index contributed by atoms with van der Waals surface area (Å²) in [6, 6.07) is 6.41. The van der Waals surface area contributed by atoms with Crippen LogP contribution in [0.1, 0.15) is 57.1 Å².